The van der Waals surface area contributed by atoms with Crippen molar-refractivity contribution in [3.8, 4) is 5.69 Å². The van der Waals surface area contributed by atoms with Gasteiger partial charge in [0, 0.05) is 17.3 Å². The number of aromatic amines is 1. The largest absolute Gasteiger partial charge is 0.340 e. The first-order valence-electron chi connectivity index (χ1n) is 10.2. The molecular formula is C22H22ClN7O. The number of imidazole rings is 1. The van der Waals surface area contributed by atoms with Crippen LogP contribution in [0.5, 0.6) is 0 Å². The average Bonchev–Trinajstić information content (AvgIpc) is 3.50. The number of halogens is 1. The molecule has 1 fully saturated rings. The third-order valence-electron chi connectivity index (χ3n) is 6.12. The molecule has 1 amide bonds. The van der Waals surface area contributed by atoms with Gasteiger partial charge in [0.15, 0.2) is 0 Å². The van der Waals surface area contributed by atoms with Crippen LogP contribution in [-0.4, -0.2) is 47.3 Å². The third kappa shape index (κ3) is 3.09. The van der Waals surface area contributed by atoms with Gasteiger partial charge in [0.05, 0.1) is 40.7 Å². The first-order valence-corrected chi connectivity index (χ1v) is 10.6. The molecule has 9 heteroatoms. The van der Waals surface area contributed by atoms with Crippen molar-refractivity contribution in [1.82, 2.24) is 34.8 Å². The van der Waals surface area contributed by atoms with Gasteiger partial charge in [-0.1, -0.05) is 11.6 Å². The van der Waals surface area contributed by atoms with Crippen molar-refractivity contribution in [2.75, 3.05) is 6.54 Å². The highest BCUT2D eigenvalue weighted by Crippen LogP contribution is 2.40. The highest BCUT2D eigenvalue weighted by Gasteiger charge is 2.44. The summed E-state index contributed by atoms with van der Waals surface area (Å²) in [5, 5.41) is 9.06. The summed E-state index contributed by atoms with van der Waals surface area (Å²) in [6, 6.07) is 5.59. The molecule has 1 atom stereocenters. The lowest BCUT2D eigenvalue weighted by atomic mass is 9.97. The van der Waals surface area contributed by atoms with Crippen molar-refractivity contribution in [2.45, 2.75) is 39.2 Å². The number of carbonyl (C=O) groups excluding carboxylic acids is 1. The van der Waals surface area contributed by atoms with Crippen LogP contribution < -0.4 is 0 Å². The zero-order valence-electron chi connectivity index (χ0n) is 17.6. The van der Waals surface area contributed by atoms with Crippen molar-refractivity contribution < 1.29 is 4.79 Å². The minimum atomic E-state index is -0.568. The zero-order valence-corrected chi connectivity index (χ0v) is 18.3. The van der Waals surface area contributed by atoms with Gasteiger partial charge < -0.3 is 9.88 Å². The van der Waals surface area contributed by atoms with Crippen molar-refractivity contribution in [1.29, 1.82) is 0 Å². The fourth-order valence-electron chi connectivity index (χ4n) is 4.35. The molecule has 3 aromatic heterocycles. The molecule has 0 saturated carbocycles. The number of hydrogen-bond acceptors (Lipinski definition) is 5. The van der Waals surface area contributed by atoms with Crippen LogP contribution in [-0.2, 0) is 5.54 Å². The molecule has 1 aromatic carbocycles. The van der Waals surface area contributed by atoms with E-state index in [1.165, 1.54) is 4.80 Å². The predicted molar refractivity (Wildman–Crippen MR) is 117 cm³/mol. The number of fused-ring (bicyclic) bond motifs is 1. The number of H-pyrrole nitrogens is 1. The summed E-state index contributed by atoms with van der Waals surface area (Å²) in [5.41, 5.74) is 3.95. The summed E-state index contributed by atoms with van der Waals surface area (Å²) < 4.78 is 0. The maximum atomic E-state index is 13.8. The Bertz CT molecular complexity index is 1300. The Kier molecular flexibility index (Phi) is 4.55. The van der Waals surface area contributed by atoms with Crippen molar-refractivity contribution >= 4 is 28.5 Å². The average molecular weight is 436 g/mol. The van der Waals surface area contributed by atoms with Gasteiger partial charge in [-0.3, -0.25) is 9.78 Å². The molecule has 4 aromatic rings. The van der Waals surface area contributed by atoms with E-state index in [0.29, 0.717) is 22.8 Å². The quantitative estimate of drug-likeness (QED) is 0.525. The Morgan fingerprint density at radius 3 is 2.77 bits per heavy atom. The monoisotopic (exact) mass is 435 g/mol. The standard InChI is InChI=1S/C22H22ClN7O/c1-13-11-15(18(12-24-13)30-25-8-9-26-30)20(31)29-10-4-7-22(29,3)21-27-17-6-5-16(23)14(2)19(17)28-21/h5-6,8-9,11-12H,4,7,10H2,1-3H3,(H,27,28). The molecule has 31 heavy (non-hydrogen) atoms. The Balaban J connectivity index is 1.59. The number of pyridine rings is 1. The third-order valence-corrected chi connectivity index (χ3v) is 6.53. The van der Waals surface area contributed by atoms with Crippen LogP contribution in [0.3, 0.4) is 0 Å². The lowest BCUT2D eigenvalue weighted by molar-refractivity contribution is 0.0605. The fraction of sp³-hybridized carbons (Fsp3) is 0.318. The summed E-state index contributed by atoms with van der Waals surface area (Å²) in [5.74, 6) is 0.677. The number of amides is 1. The molecule has 1 unspecified atom stereocenters. The number of aryl methyl sites for hydroxylation is 2. The van der Waals surface area contributed by atoms with Gasteiger partial charge in [0.1, 0.15) is 11.5 Å². The van der Waals surface area contributed by atoms with Gasteiger partial charge in [0.2, 0.25) is 0 Å². The number of carbonyl (C=O) groups is 1. The van der Waals surface area contributed by atoms with Gasteiger partial charge in [0.25, 0.3) is 5.91 Å². The molecule has 1 saturated heterocycles. The van der Waals surface area contributed by atoms with Crippen molar-refractivity contribution in [2.24, 2.45) is 0 Å². The van der Waals surface area contributed by atoms with E-state index in [2.05, 4.69) is 27.1 Å². The maximum Gasteiger partial charge on any atom is 0.257 e. The summed E-state index contributed by atoms with van der Waals surface area (Å²) in [6.45, 7) is 6.52. The van der Waals surface area contributed by atoms with E-state index < -0.39 is 5.54 Å². The molecule has 1 N–H and O–H groups in total. The molecule has 4 heterocycles. The predicted octanol–water partition coefficient (Wildman–Crippen LogP) is 3.96. The number of benzene rings is 1. The summed E-state index contributed by atoms with van der Waals surface area (Å²) in [7, 11) is 0. The van der Waals surface area contributed by atoms with E-state index >= 15 is 0 Å². The molecule has 5 rings (SSSR count). The van der Waals surface area contributed by atoms with Crippen molar-refractivity contribution in [3.63, 3.8) is 0 Å². The molecule has 0 spiro atoms. The highest BCUT2D eigenvalue weighted by atomic mass is 35.5. The minimum absolute atomic E-state index is 0.0898. The van der Waals surface area contributed by atoms with Crippen LogP contribution >= 0.6 is 11.6 Å². The molecule has 0 radical (unpaired) electrons. The number of likely N-dealkylation sites (tertiary alicyclic amines) is 1. The maximum absolute atomic E-state index is 13.8. The Morgan fingerprint density at radius 1 is 1.23 bits per heavy atom. The molecule has 8 nitrogen and oxygen atoms in total. The van der Waals surface area contributed by atoms with Gasteiger partial charge >= 0.3 is 0 Å². The molecular weight excluding hydrogens is 414 g/mol. The van der Waals surface area contributed by atoms with Gasteiger partial charge in [-0.15, -0.1) is 4.80 Å². The van der Waals surface area contributed by atoms with Gasteiger partial charge in [-0.05, 0) is 57.4 Å². The van der Waals surface area contributed by atoms with Crippen LogP contribution in [0.2, 0.25) is 5.02 Å². The van der Waals surface area contributed by atoms with Crippen molar-refractivity contribution in [3.05, 3.63) is 64.5 Å². The Labute approximate surface area is 184 Å². The van der Waals surface area contributed by atoms with E-state index in [4.69, 9.17) is 16.6 Å². The smallest absolute Gasteiger partial charge is 0.257 e. The number of rotatable bonds is 3. The Hall–Kier alpha value is -3.26. The van der Waals surface area contributed by atoms with E-state index in [0.717, 1.165) is 41.0 Å². The van der Waals surface area contributed by atoms with E-state index in [1.807, 2.05) is 30.9 Å². The second kappa shape index (κ2) is 7.16. The topological polar surface area (TPSA) is 92.6 Å². The summed E-state index contributed by atoms with van der Waals surface area (Å²) >= 11 is 6.29. The van der Waals surface area contributed by atoms with Crippen LogP contribution in [0.4, 0.5) is 0 Å². The van der Waals surface area contributed by atoms with Crippen LogP contribution in [0.1, 0.15) is 47.2 Å². The van der Waals surface area contributed by atoms with Crippen LogP contribution in [0.15, 0.2) is 36.8 Å². The van der Waals surface area contributed by atoms with E-state index in [1.54, 1.807) is 24.7 Å². The lowest BCUT2D eigenvalue weighted by Gasteiger charge is -2.34. The number of nitrogens with zero attached hydrogens (tertiary/aromatic N) is 6. The van der Waals surface area contributed by atoms with E-state index in [-0.39, 0.29) is 5.91 Å². The second-order valence-electron chi connectivity index (χ2n) is 8.15. The first-order chi connectivity index (χ1) is 14.9. The molecule has 0 bridgehead atoms. The zero-order chi connectivity index (χ0) is 21.8. The number of nitrogens with one attached hydrogen (secondary N) is 1. The number of aromatic nitrogens is 6. The first kappa shape index (κ1) is 19.7. The molecule has 1 aliphatic rings. The molecule has 1 aliphatic heterocycles. The van der Waals surface area contributed by atoms with E-state index in [9.17, 15) is 4.79 Å². The summed E-state index contributed by atoms with van der Waals surface area (Å²) in [4.78, 5) is 29.8. The second-order valence-corrected chi connectivity index (χ2v) is 8.56. The van der Waals surface area contributed by atoms with Gasteiger partial charge in [-0.2, -0.15) is 10.2 Å². The SMILES string of the molecule is Cc1cc(C(=O)N2CCCC2(C)c2nc3c(C)c(Cl)ccc3[nH]2)c(-n2nccn2)cn1. The van der Waals surface area contributed by atoms with Crippen LogP contribution in [0, 0.1) is 13.8 Å². The Morgan fingerprint density at radius 2 is 2.00 bits per heavy atom. The highest BCUT2D eigenvalue weighted by molar-refractivity contribution is 6.32. The lowest BCUT2D eigenvalue weighted by Crippen LogP contribution is -2.44. The van der Waals surface area contributed by atoms with Gasteiger partial charge in [-0.25, -0.2) is 4.98 Å². The summed E-state index contributed by atoms with van der Waals surface area (Å²) in [6.07, 6.45) is 6.50. The fourth-order valence-corrected chi connectivity index (χ4v) is 4.50. The normalized spacial score (nSPS) is 18.8. The minimum Gasteiger partial charge on any atom is -0.340 e. The molecule has 0 aliphatic carbocycles. The number of hydrogen-bond donors (Lipinski definition) is 1. The molecule has 158 valence electrons. The van der Waals surface area contributed by atoms with Crippen LogP contribution in [0.25, 0.3) is 16.7 Å².